The lowest BCUT2D eigenvalue weighted by Gasteiger charge is -2.38. The minimum absolute atomic E-state index is 0.162. The molecule has 28 heavy (non-hydrogen) atoms. The lowest BCUT2D eigenvalue weighted by Crippen LogP contribution is -2.51. The van der Waals surface area contributed by atoms with E-state index in [1.807, 2.05) is 0 Å². The Bertz CT molecular complexity index is 816. The molecule has 2 aliphatic heterocycles. The largest absolute Gasteiger partial charge is 0.462 e. The lowest BCUT2D eigenvalue weighted by atomic mass is 10.0. The van der Waals surface area contributed by atoms with Crippen molar-refractivity contribution in [2.45, 2.75) is 49.6 Å². The van der Waals surface area contributed by atoms with E-state index in [-0.39, 0.29) is 29.5 Å². The Hall–Kier alpha value is -1.97. The standard InChI is InChI=1S/C19H27N3O5S/c1-2-27-19(24)14-5-7-16(8-6-14)28(25,26)21-12-9-15(10-13-21)22-11-3-4-17(22)18(20)23/h5-8,15,17H,2-4,9-13H2,1H3,(H2,20,23). The van der Waals surface area contributed by atoms with Crippen molar-refractivity contribution < 1.29 is 22.7 Å². The number of hydrogen-bond donors (Lipinski definition) is 1. The molecule has 0 bridgehead atoms. The number of esters is 1. The van der Waals surface area contributed by atoms with Gasteiger partial charge in [-0.15, -0.1) is 0 Å². The summed E-state index contributed by atoms with van der Waals surface area (Å²) in [6.45, 7) is 3.61. The van der Waals surface area contributed by atoms with Gasteiger partial charge in [0.05, 0.1) is 23.1 Å². The molecule has 154 valence electrons. The number of carbonyl (C=O) groups excluding carboxylic acids is 2. The van der Waals surface area contributed by atoms with Crippen LogP contribution < -0.4 is 5.73 Å². The minimum atomic E-state index is -3.62. The van der Waals surface area contributed by atoms with Crippen molar-refractivity contribution in [3.05, 3.63) is 29.8 Å². The lowest BCUT2D eigenvalue weighted by molar-refractivity contribution is -0.123. The van der Waals surface area contributed by atoms with E-state index >= 15 is 0 Å². The summed E-state index contributed by atoms with van der Waals surface area (Å²) in [5.41, 5.74) is 5.82. The van der Waals surface area contributed by atoms with Crippen LogP contribution in [0.3, 0.4) is 0 Å². The monoisotopic (exact) mass is 409 g/mol. The van der Waals surface area contributed by atoms with Gasteiger partial charge in [0, 0.05) is 19.1 Å². The molecule has 0 aromatic heterocycles. The van der Waals surface area contributed by atoms with Gasteiger partial charge in [-0.25, -0.2) is 13.2 Å². The third kappa shape index (κ3) is 4.21. The van der Waals surface area contributed by atoms with Crippen molar-refractivity contribution in [2.75, 3.05) is 26.2 Å². The van der Waals surface area contributed by atoms with Crippen molar-refractivity contribution in [3.63, 3.8) is 0 Å². The Kier molecular flexibility index (Phi) is 6.36. The van der Waals surface area contributed by atoms with Crippen LogP contribution in [0.25, 0.3) is 0 Å². The number of nitrogens with two attached hydrogens (primary N) is 1. The Morgan fingerprint density at radius 1 is 1.11 bits per heavy atom. The maximum Gasteiger partial charge on any atom is 0.338 e. The van der Waals surface area contributed by atoms with Crippen LogP contribution in [0.15, 0.2) is 29.2 Å². The summed E-state index contributed by atoms with van der Waals surface area (Å²) in [5, 5.41) is 0. The molecule has 2 saturated heterocycles. The molecule has 0 saturated carbocycles. The number of rotatable bonds is 6. The fourth-order valence-corrected chi connectivity index (χ4v) is 5.54. The van der Waals surface area contributed by atoms with Gasteiger partial charge >= 0.3 is 5.97 Å². The van der Waals surface area contributed by atoms with Crippen LogP contribution in [0.4, 0.5) is 0 Å². The van der Waals surface area contributed by atoms with E-state index in [1.165, 1.54) is 28.6 Å². The highest BCUT2D eigenvalue weighted by Crippen LogP contribution is 2.28. The zero-order valence-electron chi connectivity index (χ0n) is 16.0. The first kappa shape index (κ1) is 20.8. The normalized spacial score (nSPS) is 22.2. The van der Waals surface area contributed by atoms with Gasteiger partial charge in [0.25, 0.3) is 0 Å². The molecule has 0 aliphatic carbocycles. The third-order valence-corrected chi connectivity index (χ3v) is 7.43. The highest BCUT2D eigenvalue weighted by atomic mass is 32.2. The molecule has 2 heterocycles. The molecule has 2 N–H and O–H groups in total. The highest BCUT2D eigenvalue weighted by Gasteiger charge is 2.37. The first-order valence-electron chi connectivity index (χ1n) is 9.67. The van der Waals surface area contributed by atoms with E-state index in [0.29, 0.717) is 31.5 Å². The topological polar surface area (TPSA) is 110 Å². The van der Waals surface area contributed by atoms with Crippen molar-refractivity contribution in [1.29, 1.82) is 0 Å². The number of likely N-dealkylation sites (tertiary alicyclic amines) is 1. The number of sulfonamides is 1. The number of piperidine rings is 1. The molecule has 1 atom stereocenters. The van der Waals surface area contributed by atoms with E-state index in [2.05, 4.69) is 4.90 Å². The summed E-state index contributed by atoms with van der Waals surface area (Å²) in [4.78, 5) is 25.6. The van der Waals surface area contributed by atoms with Crippen molar-refractivity contribution in [2.24, 2.45) is 5.73 Å². The highest BCUT2D eigenvalue weighted by molar-refractivity contribution is 7.89. The van der Waals surface area contributed by atoms with Gasteiger partial charge in [0.2, 0.25) is 15.9 Å². The number of hydrogen-bond acceptors (Lipinski definition) is 6. The van der Waals surface area contributed by atoms with Gasteiger partial charge in [-0.2, -0.15) is 4.31 Å². The van der Waals surface area contributed by atoms with E-state index in [4.69, 9.17) is 10.5 Å². The molecule has 1 aromatic rings. The Morgan fingerprint density at radius 3 is 2.32 bits per heavy atom. The van der Waals surface area contributed by atoms with Crippen LogP contribution in [0, 0.1) is 0 Å². The minimum Gasteiger partial charge on any atom is -0.462 e. The Labute approximate surface area is 165 Å². The fraction of sp³-hybridized carbons (Fsp3) is 0.579. The summed E-state index contributed by atoms with van der Waals surface area (Å²) in [5.74, 6) is -0.767. The number of carbonyl (C=O) groups is 2. The summed E-state index contributed by atoms with van der Waals surface area (Å²) in [6.07, 6.45) is 3.06. The van der Waals surface area contributed by atoms with Crippen LogP contribution in [0.1, 0.15) is 43.0 Å². The van der Waals surface area contributed by atoms with Crippen LogP contribution in [-0.2, 0) is 19.6 Å². The summed E-state index contributed by atoms with van der Waals surface area (Å²) >= 11 is 0. The Balaban J connectivity index is 1.64. The fourth-order valence-electron chi connectivity index (χ4n) is 4.07. The molecular weight excluding hydrogens is 382 g/mol. The van der Waals surface area contributed by atoms with Crippen LogP contribution >= 0.6 is 0 Å². The van der Waals surface area contributed by atoms with Crippen molar-refractivity contribution in [3.8, 4) is 0 Å². The summed E-state index contributed by atoms with van der Waals surface area (Å²) in [6, 6.07) is 5.77. The van der Waals surface area contributed by atoms with Gasteiger partial charge < -0.3 is 10.5 Å². The zero-order chi connectivity index (χ0) is 20.3. The predicted octanol–water partition coefficient (Wildman–Crippen LogP) is 0.966. The third-order valence-electron chi connectivity index (χ3n) is 5.52. The second-order valence-electron chi connectivity index (χ2n) is 7.18. The number of primary amides is 1. The van der Waals surface area contributed by atoms with E-state index in [0.717, 1.165) is 19.4 Å². The van der Waals surface area contributed by atoms with Gasteiger partial charge in [0.1, 0.15) is 0 Å². The van der Waals surface area contributed by atoms with Gasteiger partial charge in [-0.3, -0.25) is 9.69 Å². The van der Waals surface area contributed by atoms with Gasteiger partial charge in [0.15, 0.2) is 0 Å². The average Bonchev–Trinajstić information content (AvgIpc) is 3.18. The smallest absolute Gasteiger partial charge is 0.338 e. The number of ether oxygens (including phenoxy) is 1. The number of amides is 1. The molecule has 2 aliphatic rings. The second kappa shape index (κ2) is 8.59. The predicted molar refractivity (Wildman–Crippen MR) is 103 cm³/mol. The Morgan fingerprint density at radius 2 is 1.75 bits per heavy atom. The molecule has 0 radical (unpaired) electrons. The molecule has 1 aromatic carbocycles. The van der Waals surface area contributed by atoms with Crippen molar-refractivity contribution in [1.82, 2.24) is 9.21 Å². The second-order valence-corrected chi connectivity index (χ2v) is 9.12. The van der Waals surface area contributed by atoms with E-state index < -0.39 is 16.0 Å². The van der Waals surface area contributed by atoms with E-state index in [9.17, 15) is 18.0 Å². The summed E-state index contributed by atoms with van der Waals surface area (Å²) < 4.78 is 32.2. The maximum atomic E-state index is 12.9. The molecule has 0 spiro atoms. The molecule has 9 heteroatoms. The first-order valence-corrected chi connectivity index (χ1v) is 11.1. The SMILES string of the molecule is CCOC(=O)c1ccc(S(=O)(=O)N2CCC(N3CCCC3C(N)=O)CC2)cc1. The first-order chi connectivity index (χ1) is 13.3. The van der Waals surface area contributed by atoms with Crippen LogP contribution in [-0.4, -0.2) is 67.8 Å². The van der Waals surface area contributed by atoms with Crippen LogP contribution in [0.2, 0.25) is 0 Å². The number of benzene rings is 1. The van der Waals surface area contributed by atoms with Gasteiger partial charge in [-0.05, 0) is 63.4 Å². The molecule has 8 nitrogen and oxygen atoms in total. The molecule has 2 fully saturated rings. The number of nitrogens with zero attached hydrogens (tertiary/aromatic N) is 2. The summed E-state index contributed by atoms with van der Waals surface area (Å²) in [7, 11) is -3.62. The van der Waals surface area contributed by atoms with Gasteiger partial charge in [-0.1, -0.05) is 0 Å². The van der Waals surface area contributed by atoms with Crippen LogP contribution in [0.5, 0.6) is 0 Å². The molecule has 3 rings (SSSR count). The molecule has 1 amide bonds. The maximum absolute atomic E-state index is 12.9. The van der Waals surface area contributed by atoms with Crippen molar-refractivity contribution >= 4 is 21.9 Å². The average molecular weight is 410 g/mol. The quantitative estimate of drug-likeness (QED) is 0.701. The molecule has 1 unspecified atom stereocenters. The zero-order valence-corrected chi connectivity index (χ0v) is 16.9. The molecular formula is C19H27N3O5S. The van der Waals surface area contributed by atoms with E-state index in [1.54, 1.807) is 6.92 Å².